The summed E-state index contributed by atoms with van der Waals surface area (Å²) in [5.74, 6) is 0.730. The topological polar surface area (TPSA) is 38.1 Å². The van der Waals surface area contributed by atoms with Crippen molar-refractivity contribution in [2.45, 2.75) is 45.4 Å². The Morgan fingerprint density at radius 2 is 1.76 bits per heavy atom. The van der Waals surface area contributed by atoms with Crippen LogP contribution in [0.3, 0.4) is 0 Å². The zero-order chi connectivity index (χ0) is 14.9. The molecular formula is C17H23ClN2O. The lowest BCUT2D eigenvalue weighted by atomic mass is 10.1. The number of aromatic nitrogens is 1. The number of unbranched alkanes of at least 4 members (excludes halogenated alkanes) is 5. The molecule has 0 atom stereocenters. The number of nitrogens with zero attached hydrogens (tertiary/aromatic N) is 1. The summed E-state index contributed by atoms with van der Waals surface area (Å²) in [6.45, 7) is 3.17. The monoisotopic (exact) mass is 306 g/mol. The number of nitrogens with one attached hydrogen (secondary N) is 1. The summed E-state index contributed by atoms with van der Waals surface area (Å²) in [7, 11) is 0. The minimum atomic E-state index is 0.726. The minimum Gasteiger partial charge on any atom is -0.354 e. The summed E-state index contributed by atoms with van der Waals surface area (Å²) in [6, 6.07) is 9.53. The van der Waals surface area contributed by atoms with Gasteiger partial charge in [0.15, 0.2) is 0 Å². The molecule has 0 aliphatic heterocycles. The van der Waals surface area contributed by atoms with Gasteiger partial charge in [0, 0.05) is 23.2 Å². The van der Waals surface area contributed by atoms with E-state index in [9.17, 15) is 0 Å². The van der Waals surface area contributed by atoms with E-state index in [2.05, 4.69) is 17.4 Å². The zero-order valence-corrected chi connectivity index (χ0v) is 13.3. The highest BCUT2D eigenvalue weighted by atomic mass is 35.5. The maximum atomic E-state index is 5.88. The van der Waals surface area contributed by atoms with E-state index in [1.807, 2.05) is 30.3 Å². The lowest BCUT2D eigenvalue weighted by molar-refractivity contribution is 0.434. The van der Waals surface area contributed by atoms with Crippen LogP contribution < -0.4 is 5.32 Å². The van der Waals surface area contributed by atoms with E-state index in [-0.39, 0.29) is 0 Å². The van der Waals surface area contributed by atoms with E-state index in [0.717, 1.165) is 28.7 Å². The largest absolute Gasteiger partial charge is 0.354 e. The van der Waals surface area contributed by atoms with Gasteiger partial charge in [-0.05, 0) is 18.6 Å². The second-order valence-corrected chi connectivity index (χ2v) is 5.71. The van der Waals surface area contributed by atoms with Crippen LogP contribution in [0.5, 0.6) is 0 Å². The van der Waals surface area contributed by atoms with Gasteiger partial charge in [0.1, 0.15) is 5.69 Å². The summed E-state index contributed by atoms with van der Waals surface area (Å²) in [6.07, 6.45) is 7.75. The molecule has 2 rings (SSSR count). The number of benzene rings is 1. The molecule has 21 heavy (non-hydrogen) atoms. The van der Waals surface area contributed by atoms with Gasteiger partial charge in [0.05, 0.1) is 0 Å². The number of halogens is 1. The van der Waals surface area contributed by atoms with Crippen molar-refractivity contribution in [1.82, 2.24) is 5.16 Å². The lowest BCUT2D eigenvalue weighted by Gasteiger charge is -2.01. The molecule has 1 heterocycles. The van der Waals surface area contributed by atoms with Crippen LogP contribution in [0.4, 0.5) is 5.88 Å². The van der Waals surface area contributed by atoms with Gasteiger partial charge in [0.25, 0.3) is 0 Å². The third-order valence-electron chi connectivity index (χ3n) is 3.48. The van der Waals surface area contributed by atoms with Gasteiger partial charge in [-0.25, -0.2) is 0 Å². The van der Waals surface area contributed by atoms with Crippen LogP contribution in [0.2, 0.25) is 5.02 Å². The van der Waals surface area contributed by atoms with E-state index < -0.39 is 0 Å². The molecule has 0 spiro atoms. The molecule has 0 fully saturated rings. The first kappa shape index (κ1) is 15.9. The van der Waals surface area contributed by atoms with Gasteiger partial charge in [0.2, 0.25) is 5.88 Å². The molecule has 1 aromatic heterocycles. The lowest BCUT2D eigenvalue weighted by Crippen LogP contribution is -1.99. The van der Waals surface area contributed by atoms with Crippen molar-refractivity contribution < 1.29 is 4.52 Å². The molecule has 1 N–H and O–H groups in total. The number of rotatable bonds is 9. The maximum absolute atomic E-state index is 5.88. The van der Waals surface area contributed by atoms with E-state index in [0.29, 0.717) is 0 Å². The fraction of sp³-hybridized carbons (Fsp3) is 0.471. The molecule has 1 aromatic carbocycles. The highest BCUT2D eigenvalue weighted by Gasteiger charge is 2.05. The molecule has 4 heteroatoms. The standard InChI is InChI=1S/C17H23ClN2O/c1-2-3-4-5-6-7-12-19-17-13-16(20-21-17)14-8-10-15(18)11-9-14/h8-11,13,19H,2-7,12H2,1H3. The summed E-state index contributed by atoms with van der Waals surface area (Å²) >= 11 is 5.88. The highest BCUT2D eigenvalue weighted by Crippen LogP contribution is 2.23. The quantitative estimate of drug-likeness (QED) is 0.598. The normalized spacial score (nSPS) is 10.8. The average Bonchev–Trinajstić information content (AvgIpc) is 2.96. The maximum Gasteiger partial charge on any atom is 0.225 e. The zero-order valence-electron chi connectivity index (χ0n) is 12.6. The average molecular weight is 307 g/mol. The number of hydrogen-bond acceptors (Lipinski definition) is 3. The molecule has 0 bridgehead atoms. The molecule has 3 nitrogen and oxygen atoms in total. The first-order valence-electron chi connectivity index (χ1n) is 7.76. The van der Waals surface area contributed by atoms with E-state index in [4.69, 9.17) is 16.1 Å². The van der Waals surface area contributed by atoms with Crippen molar-refractivity contribution in [3.63, 3.8) is 0 Å². The molecule has 114 valence electrons. The Morgan fingerprint density at radius 1 is 1.05 bits per heavy atom. The first-order chi connectivity index (χ1) is 10.3. The molecule has 0 unspecified atom stereocenters. The highest BCUT2D eigenvalue weighted by molar-refractivity contribution is 6.30. The van der Waals surface area contributed by atoms with Crippen LogP contribution in [0, 0.1) is 0 Å². The summed E-state index contributed by atoms with van der Waals surface area (Å²) in [5.41, 5.74) is 1.84. The third kappa shape index (κ3) is 5.43. The molecule has 2 aromatic rings. The molecule has 0 saturated heterocycles. The van der Waals surface area contributed by atoms with Crippen molar-refractivity contribution >= 4 is 17.5 Å². The van der Waals surface area contributed by atoms with Crippen molar-refractivity contribution in [3.8, 4) is 11.3 Å². The smallest absolute Gasteiger partial charge is 0.225 e. The van der Waals surface area contributed by atoms with Crippen molar-refractivity contribution in [1.29, 1.82) is 0 Å². The Labute approximate surface area is 131 Å². The first-order valence-corrected chi connectivity index (χ1v) is 8.14. The van der Waals surface area contributed by atoms with Gasteiger partial charge in [-0.2, -0.15) is 0 Å². The Bertz CT molecular complexity index is 522. The van der Waals surface area contributed by atoms with E-state index >= 15 is 0 Å². The molecular weight excluding hydrogens is 284 g/mol. The predicted octanol–water partition coefficient (Wildman–Crippen LogP) is 5.77. The van der Waals surface area contributed by atoms with Crippen LogP contribution in [0.15, 0.2) is 34.9 Å². The van der Waals surface area contributed by atoms with Gasteiger partial charge in [-0.1, -0.05) is 67.9 Å². The predicted molar refractivity (Wildman–Crippen MR) is 88.8 cm³/mol. The third-order valence-corrected chi connectivity index (χ3v) is 3.73. The Balaban J connectivity index is 1.72. The van der Waals surface area contributed by atoms with Crippen LogP contribution in [-0.2, 0) is 0 Å². The minimum absolute atomic E-state index is 0.726. The molecule has 0 aliphatic carbocycles. The SMILES string of the molecule is CCCCCCCCNc1cc(-c2ccc(Cl)cc2)no1. The van der Waals surface area contributed by atoms with Gasteiger partial charge < -0.3 is 9.84 Å². The Kier molecular flexibility index (Phi) is 6.61. The second kappa shape index (κ2) is 8.73. The molecule has 0 aliphatic rings. The number of hydrogen-bond donors (Lipinski definition) is 1. The van der Waals surface area contributed by atoms with Crippen LogP contribution in [0.1, 0.15) is 45.4 Å². The number of anilines is 1. The van der Waals surface area contributed by atoms with Gasteiger partial charge >= 0.3 is 0 Å². The summed E-state index contributed by atoms with van der Waals surface area (Å²) in [4.78, 5) is 0. The summed E-state index contributed by atoms with van der Waals surface area (Å²) < 4.78 is 5.30. The Hall–Kier alpha value is -1.48. The molecule has 0 amide bonds. The van der Waals surface area contributed by atoms with E-state index in [1.165, 1.54) is 38.5 Å². The van der Waals surface area contributed by atoms with Gasteiger partial charge in [-0.15, -0.1) is 0 Å². The van der Waals surface area contributed by atoms with Crippen LogP contribution in [0.25, 0.3) is 11.3 Å². The van der Waals surface area contributed by atoms with Crippen LogP contribution >= 0.6 is 11.6 Å². The second-order valence-electron chi connectivity index (χ2n) is 5.28. The van der Waals surface area contributed by atoms with Gasteiger partial charge in [-0.3, -0.25) is 0 Å². The fourth-order valence-corrected chi connectivity index (χ4v) is 2.36. The van der Waals surface area contributed by atoms with Crippen molar-refractivity contribution in [2.24, 2.45) is 0 Å². The van der Waals surface area contributed by atoms with Crippen molar-refractivity contribution in [3.05, 3.63) is 35.4 Å². The van der Waals surface area contributed by atoms with E-state index in [1.54, 1.807) is 0 Å². The Morgan fingerprint density at radius 3 is 2.52 bits per heavy atom. The van der Waals surface area contributed by atoms with Crippen LogP contribution in [-0.4, -0.2) is 11.7 Å². The fourth-order valence-electron chi connectivity index (χ4n) is 2.23. The van der Waals surface area contributed by atoms with Crippen molar-refractivity contribution in [2.75, 3.05) is 11.9 Å². The summed E-state index contributed by atoms with van der Waals surface area (Å²) in [5, 5.41) is 8.08. The molecule has 0 saturated carbocycles. The molecule has 0 radical (unpaired) electrons.